The molecule has 52 heavy (non-hydrogen) atoms. The van der Waals surface area contributed by atoms with Gasteiger partial charge in [-0.2, -0.15) is 5.10 Å². The lowest BCUT2D eigenvalue weighted by atomic mass is 10.0. The molecule has 0 bridgehead atoms. The molecule has 2 aromatic heterocycles. The van der Waals surface area contributed by atoms with Gasteiger partial charge in [0.05, 0.1) is 28.6 Å². The van der Waals surface area contributed by atoms with Gasteiger partial charge in [-0.1, -0.05) is 51.7 Å². The van der Waals surface area contributed by atoms with Crippen molar-refractivity contribution in [3.63, 3.8) is 0 Å². The van der Waals surface area contributed by atoms with Crippen LogP contribution in [0.3, 0.4) is 0 Å². The summed E-state index contributed by atoms with van der Waals surface area (Å²) in [4.78, 5) is 4.43. The SMILES string of the molecule is C#CC(C)(C)OCCCC(c1cccc(Br)c1)n1cnc(-c2cc(Oc3c(F)cc4c(ccn4S(=O)(=O)c4ccc(C)cc4)c3CO)ccc2F)n1. The van der Waals surface area contributed by atoms with E-state index in [-0.39, 0.29) is 50.3 Å². The van der Waals surface area contributed by atoms with Crippen molar-refractivity contribution in [1.82, 2.24) is 18.7 Å². The van der Waals surface area contributed by atoms with Crippen molar-refractivity contribution in [1.29, 1.82) is 0 Å². The predicted octanol–water partition coefficient (Wildman–Crippen LogP) is 8.57. The van der Waals surface area contributed by atoms with Crippen LogP contribution in [0, 0.1) is 30.9 Å². The molecule has 6 aromatic rings. The zero-order valence-electron chi connectivity index (χ0n) is 28.6. The monoisotopic (exact) mass is 788 g/mol. The van der Waals surface area contributed by atoms with Gasteiger partial charge in [0, 0.05) is 34.3 Å². The average Bonchev–Trinajstić information content (AvgIpc) is 3.78. The number of aryl methyl sites for hydroxylation is 1. The van der Waals surface area contributed by atoms with Gasteiger partial charge in [0.15, 0.2) is 17.4 Å². The molecule has 268 valence electrons. The Labute approximate surface area is 309 Å². The summed E-state index contributed by atoms with van der Waals surface area (Å²) >= 11 is 3.53. The van der Waals surface area contributed by atoms with E-state index in [1.165, 1.54) is 42.9 Å². The number of rotatable bonds is 13. The minimum absolute atomic E-state index is 0.00530. The second-order valence-electron chi connectivity index (χ2n) is 12.7. The average molecular weight is 790 g/mol. The minimum Gasteiger partial charge on any atom is -0.454 e. The smallest absolute Gasteiger partial charge is 0.268 e. The molecular formula is C39H35BrF2N4O5S. The molecular weight excluding hydrogens is 754 g/mol. The summed E-state index contributed by atoms with van der Waals surface area (Å²) in [5.74, 6) is 0.852. The third-order valence-corrected chi connectivity index (χ3v) is 10.8. The Morgan fingerprint density at radius 2 is 1.81 bits per heavy atom. The molecule has 0 radical (unpaired) electrons. The maximum Gasteiger partial charge on any atom is 0.268 e. The highest BCUT2D eigenvalue weighted by Crippen LogP contribution is 2.38. The third-order valence-electron chi connectivity index (χ3n) is 8.60. The lowest BCUT2D eigenvalue weighted by Gasteiger charge is -2.21. The van der Waals surface area contributed by atoms with Crippen molar-refractivity contribution in [2.24, 2.45) is 0 Å². The van der Waals surface area contributed by atoms with Crippen LogP contribution >= 0.6 is 15.9 Å². The Hall–Kier alpha value is -4.87. The van der Waals surface area contributed by atoms with Crippen LogP contribution in [0.15, 0.2) is 101 Å². The number of nitrogens with zero attached hydrogens (tertiary/aromatic N) is 4. The molecule has 9 nitrogen and oxygen atoms in total. The van der Waals surface area contributed by atoms with Crippen LogP contribution in [0.2, 0.25) is 0 Å². The van der Waals surface area contributed by atoms with Crippen molar-refractivity contribution >= 4 is 36.9 Å². The molecule has 0 amide bonds. The molecule has 0 aliphatic heterocycles. The fourth-order valence-corrected chi connectivity index (χ4v) is 7.55. The molecule has 0 aliphatic rings. The van der Waals surface area contributed by atoms with Gasteiger partial charge in [-0.05, 0) is 87.7 Å². The minimum atomic E-state index is -4.08. The fraction of sp³-hybridized carbons (Fsp3) is 0.231. The molecule has 6 rings (SSSR count). The molecule has 0 saturated carbocycles. The van der Waals surface area contributed by atoms with Crippen LogP contribution < -0.4 is 4.74 Å². The van der Waals surface area contributed by atoms with Gasteiger partial charge in [0.2, 0.25) is 0 Å². The first-order valence-electron chi connectivity index (χ1n) is 16.3. The van der Waals surface area contributed by atoms with Crippen LogP contribution in [0.4, 0.5) is 8.78 Å². The van der Waals surface area contributed by atoms with Crippen molar-refractivity contribution in [2.45, 2.75) is 56.8 Å². The zero-order chi connectivity index (χ0) is 37.2. The number of aromatic nitrogens is 4. The molecule has 4 aromatic carbocycles. The van der Waals surface area contributed by atoms with Crippen molar-refractivity contribution < 1.29 is 31.8 Å². The van der Waals surface area contributed by atoms with Crippen LogP contribution in [-0.2, 0) is 21.4 Å². The van der Waals surface area contributed by atoms with Gasteiger partial charge in [0.25, 0.3) is 10.0 Å². The van der Waals surface area contributed by atoms with E-state index in [1.807, 2.05) is 45.0 Å². The summed E-state index contributed by atoms with van der Waals surface area (Å²) in [6.07, 6.45) is 9.65. The summed E-state index contributed by atoms with van der Waals surface area (Å²) in [6, 6.07) is 20.1. The molecule has 0 saturated heterocycles. The van der Waals surface area contributed by atoms with Crippen molar-refractivity contribution in [2.75, 3.05) is 6.61 Å². The van der Waals surface area contributed by atoms with E-state index in [0.717, 1.165) is 31.7 Å². The summed E-state index contributed by atoms with van der Waals surface area (Å²) in [6.45, 7) is 5.23. The molecule has 0 aliphatic carbocycles. The quantitative estimate of drug-likeness (QED) is 0.0923. The standard InChI is InChI=1S/C39H35BrF2N4O5S/c1-5-39(3,4)50-19-7-10-35(26-8-6-9-27(40)20-26)45-24-43-38(44-45)31-21-28(13-16-33(31)41)51-37-32(23-47)30-17-18-46(36(30)22-34(37)42)52(48,49)29-14-11-25(2)12-15-29/h1,6,8-9,11-18,20-22,24,35,47H,7,10,19,23H2,2-4H3. The number of fused-ring (bicyclic) bond motifs is 1. The van der Waals surface area contributed by atoms with Gasteiger partial charge >= 0.3 is 0 Å². The number of ether oxygens (including phenoxy) is 2. The Morgan fingerprint density at radius 3 is 2.52 bits per heavy atom. The summed E-state index contributed by atoms with van der Waals surface area (Å²) in [5, 5.41) is 15.2. The van der Waals surface area contributed by atoms with E-state index in [9.17, 15) is 13.5 Å². The lowest BCUT2D eigenvalue weighted by Crippen LogP contribution is -2.22. The number of benzene rings is 4. The Kier molecular flexibility index (Phi) is 10.6. The summed E-state index contributed by atoms with van der Waals surface area (Å²) < 4.78 is 73.3. The largest absolute Gasteiger partial charge is 0.454 e. The molecule has 1 unspecified atom stereocenters. The van der Waals surface area contributed by atoms with Gasteiger partial charge in [-0.3, -0.25) is 0 Å². The highest BCUT2D eigenvalue weighted by atomic mass is 79.9. The van der Waals surface area contributed by atoms with Crippen molar-refractivity contribution in [3.8, 4) is 35.2 Å². The van der Waals surface area contributed by atoms with E-state index in [4.69, 9.17) is 15.9 Å². The van der Waals surface area contributed by atoms with E-state index in [2.05, 4.69) is 31.9 Å². The fourth-order valence-electron chi connectivity index (χ4n) is 5.79. The number of hydrogen-bond donors (Lipinski definition) is 1. The van der Waals surface area contributed by atoms with Gasteiger partial charge in [-0.15, -0.1) is 6.42 Å². The first kappa shape index (κ1) is 36.9. The number of aliphatic hydroxyl groups is 1. The summed E-state index contributed by atoms with van der Waals surface area (Å²) in [7, 11) is -4.08. The second kappa shape index (κ2) is 15.0. The molecule has 2 heterocycles. The van der Waals surface area contributed by atoms with Gasteiger partial charge < -0.3 is 14.6 Å². The number of terminal acetylenes is 1. The van der Waals surface area contributed by atoms with E-state index >= 15 is 8.78 Å². The highest BCUT2D eigenvalue weighted by molar-refractivity contribution is 9.10. The lowest BCUT2D eigenvalue weighted by molar-refractivity contribution is 0.0239. The van der Waals surface area contributed by atoms with Gasteiger partial charge in [0.1, 0.15) is 23.5 Å². The maximum atomic E-state index is 15.8. The van der Waals surface area contributed by atoms with E-state index in [1.54, 1.807) is 16.8 Å². The van der Waals surface area contributed by atoms with Crippen LogP contribution in [0.1, 0.15) is 49.4 Å². The molecule has 1 atom stereocenters. The normalized spacial score (nSPS) is 12.6. The second-order valence-corrected chi connectivity index (χ2v) is 15.4. The summed E-state index contributed by atoms with van der Waals surface area (Å²) in [5.41, 5.74) is 1.18. The number of halogens is 3. The van der Waals surface area contributed by atoms with Gasteiger partial charge in [-0.25, -0.2) is 30.8 Å². The first-order valence-corrected chi connectivity index (χ1v) is 18.6. The van der Waals surface area contributed by atoms with Crippen LogP contribution in [0.5, 0.6) is 11.5 Å². The van der Waals surface area contributed by atoms with E-state index in [0.29, 0.717) is 19.4 Å². The van der Waals surface area contributed by atoms with Crippen molar-refractivity contribution in [3.05, 3.63) is 124 Å². The molecule has 0 fully saturated rings. The van der Waals surface area contributed by atoms with E-state index < -0.39 is 33.9 Å². The van der Waals surface area contributed by atoms with Crippen LogP contribution in [0.25, 0.3) is 22.3 Å². The highest BCUT2D eigenvalue weighted by Gasteiger charge is 2.25. The topological polar surface area (TPSA) is 108 Å². The maximum absolute atomic E-state index is 15.8. The third kappa shape index (κ3) is 7.66. The number of aliphatic hydroxyl groups excluding tert-OH is 1. The molecule has 1 N–H and O–H groups in total. The Morgan fingerprint density at radius 1 is 1.04 bits per heavy atom. The molecule has 0 spiro atoms. The first-order chi connectivity index (χ1) is 24.8. The number of hydrogen-bond acceptors (Lipinski definition) is 7. The predicted molar refractivity (Wildman–Crippen MR) is 197 cm³/mol. The molecule has 13 heteroatoms. The Bertz CT molecular complexity index is 2400. The van der Waals surface area contributed by atoms with Crippen LogP contribution in [-0.4, -0.2) is 44.5 Å². The Balaban J connectivity index is 1.30. The zero-order valence-corrected chi connectivity index (χ0v) is 31.0.